The first-order chi connectivity index (χ1) is 36.1. The summed E-state index contributed by atoms with van der Waals surface area (Å²) in [7, 11) is 0. The average Bonchev–Trinajstić information content (AvgIpc) is 3.97. The molecule has 12 nitrogen and oxygen atoms in total. The van der Waals surface area contributed by atoms with Gasteiger partial charge in [-0.3, -0.25) is 19.4 Å². The van der Waals surface area contributed by atoms with E-state index in [1.165, 1.54) is 154 Å². The van der Waals surface area contributed by atoms with Crippen molar-refractivity contribution >= 4 is 11.9 Å². The van der Waals surface area contributed by atoms with E-state index in [1.54, 1.807) is 0 Å². The molecule has 8 atom stereocenters. The largest absolute Gasteiger partial charge is 0.457 e. The molecule has 2 aliphatic heterocycles. The highest BCUT2D eigenvalue weighted by atomic mass is 16.7. The molecule has 4 N–H and O–H groups in total. The Hall–Kier alpha value is -1.38. The molecule has 2 aliphatic rings. The number of ether oxygens (including phenoxy) is 4. The van der Waals surface area contributed by atoms with Crippen molar-refractivity contribution in [1.29, 1.82) is 0 Å². The number of esters is 2. The average molecular weight is 1050 g/mol. The van der Waals surface area contributed by atoms with Gasteiger partial charge in [0.2, 0.25) is 0 Å². The molecule has 438 valence electrons. The summed E-state index contributed by atoms with van der Waals surface area (Å²) in [6.45, 7) is 12.4. The Labute approximate surface area is 454 Å². The number of hydrogen-bond acceptors (Lipinski definition) is 12. The molecule has 0 amide bonds. The summed E-state index contributed by atoms with van der Waals surface area (Å²) < 4.78 is 23.9. The molecule has 0 spiro atoms. The number of carbonyl (C=O) groups is 2. The maximum atomic E-state index is 13.2. The van der Waals surface area contributed by atoms with Gasteiger partial charge in [-0.25, -0.2) is 0 Å². The lowest BCUT2D eigenvalue weighted by Gasteiger charge is -2.27. The van der Waals surface area contributed by atoms with Crippen LogP contribution in [0.2, 0.25) is 0 Å². The predicted molar refractivity (Wildman–Crippen MR) is 304 cm³/mol. The van der Waals surface area contributed by atoms with Crippen molar-refractivity contribution < 1.29 is 49.0 Å². The number of nitrogens with zero attached hydrogens (tertiary/aromatic N) is 2. The molecule has 0 saturated carbocycles. The zero-order valence-corrected chi connectivity index (χ0v) is 48.7. The normalized spacial score (nSPS) is 19.3. The van der Waals surface area contributed by atoms with Gasteiger partial charge in [0.25, 0.3) is 0 Å². The smallest absolute Gasteiger partial charge is 0.306 e. The van der Waals surface area contributed by atoms with E-state index in [-0.39, 0.29) is 38.0 Å². The van der Waals surface area contributed by atoms with Crippen molar-refractivity contribution in [3.63, 3.8) is 0 Å². The molecule has 0 aromatic rings. The van der Waals surface area contributed by atoms with E-state index in [0.29, 0.717) is 52.1 Å². The highest BCUT2D eigenvalue weighted by Crippen LogP contribution is 2.31. The van der Waals surface area contributed by atoms with Crippen LogP contribution in [0.4, 0.5) is 0 Å². The number of fused-ring (bicyclic) bond motifs is 1. The van der Waals surface area contributed by atoms with Crippen LogP contribution in [0.15, 0.2) is 0 Å². The van der Waals surface area contributed by atoms with Crippen LogP contribution in [-0.2, 0) is 28.5 Å². The molecule has 74 heavy (non-hydrogen) atoms. The first-order valence-corrected chi connectivity index (χ1v) is 31.9. The Morgan fingerprint density at radius 2 is 0.608 bits per heavy atom. The zero-order valence-electron chi connectivity index (χ0n) is 48.7. The topological polar surface area (TPSA) is 158 Å². The van der Waals surface area contributed by atoms with Gasteiger partial charge in [-0.15, -0.1) is 0 Å². The van der Waals surface area contributed by atoms with Gasteiger partial charge in [0, 0.05) is 39.0 Å². The van der Waals surface area contributed by atoms with Gasteiger partial charge in [-0.2, -0.15) is 0 Å². The van der Waals surface area contributed by atoms with Gasteiger partial charge < -0.3 is 39.4 Å². The van der Waals surface area contributed by atoms with Gasteiger partial charge in [0.1, 0.15) is 12.2 Å². The minimum atomic E-state index is -0.586. The van der Waals surface area contributed by atoms with Gasteiger partial charge in [0.05, 0.1) is 37.6 Å². The van der Waals surface area contributed by atoms with Crippen LogP contribution in [-0.4, -0.2) is 143 Å². The summed E-state index contributed by atoms with van der Waals surface area (Å²) in [5.74, 6) is -0.671. The summed E-state index contributed by atoms with van der Waals surface area (Å²) in [6, 6.07) is 0. The van der Waals surface area contributed by atoms with Gasteiger partial charge in [0.15, 0.2) is 12.2 Å². The molecule has 0 radical (unpaired) electrons. The van der Waals surface area contributed by atoms with Crippen molar-refractivity contribution in [2.45, 2.75) is 333 Å². The Morgan fingerprint density at radius 1 is 0.378 bits per heavy atom. The minimum absolute atomic E-state index is 0.175. The van der Waals surface area contributed by atoms with Crippen LogP contribution in [0.1, 0.15) is 285 Å². The lowest BCUT2D eigenvalue weighted by Crippen LogP contribution is -2.39. The first kappa shape index (κ1) is 68.7. The maximum absolute atomic E-state index is 13.2. The van der Waals surface area contributed by atoms with Crippen molar-refractivity contribution in [3.8, 4) is 0 Å². The fraction of sp³-hybridized carbons (Fsp3) is 0.968. The molecule has 2 heterocycles. The molecule has 0 bridgehead atoms. The molecule has 12 heteroatoms. The molecule has 2 saturated heterocycles. The highest BCUT2D eigenvalue weighted by molar-refractivity contribution is 5.70. The van der Waals surface area contributed by atoms with Gasteiger partial charge in [-0.05, 0) is 51.6 Å². The first-order valence-electron chi connectivity index (χ1n) is 31.9. The third-order valence-electron chi connectivity index (χ3n) is 15.7. The SMILES string of the molecule is CCCCCCCCCCC(O)CN(CCCC(=O)OC1COC2C(OC(=O)CCCN(CC(O)CCCCCCCCCC)CC(O)CCCCCCCCCC)COC12)CC(O)CCCCCCCCCC. The third kappa shape index (κ3) is 36.7. The second kappa shape index (κ2) is 47.6. The molecule has 0 aromatic heterocycles. The van der Waals surface area contributed by atoms with Crippen molar-refractivity contribution in [2.75, 3.05) is 52.5 Å². The van der Waals surface area contributed by atoms with Crippen LogP contribution < -0.4 is 0 Å². The van der Waals surface area contributed by atoms with Crippen LogP contribution in [0.5, 0.6) is 0 Å². The third-order valence-corrected chi connectivity index (χ3v) is 15.7. The molecule has 0 aliphatic carbocycles. The molecule has 2 fully saturated rings. The van der Waals surface area contributed by atoms with Crippen LogP contribution >= 0.6 is 0 Å². The Kier molecular flexibility index (Phi) is 44.2. The van der Waals surface area contributed by atoms with E-state index >= 15 is 0 Å². The minimum Gasteiger partial charge on any atom is -0.457 e. The molecule has 2 rings (SSSR count). The summed E-state index contributed by atoms with van der Waals surface area (Å²) in [5, 5.41) is 44.2. The van der Waals surface area contributed by atoms with E-state index < -0.39 is 48.8 Å². The number of aliphatic hydroxyl groups is 4. The highest BCUT2D eigenvalue weighted by Gasteiger charge is 2.51. The number of aliphatic hydroxyl groups excluding tert-OH is 4. The van der Waals surface area contributed by atoms with E-state index in [0.717, 1.165) is 77.0 Å². The second-order valence-electron chi connectivity index (χ2n) is 23.0. The summed E-state index contributed by atoms with van der Waals surface area (Å²) >= 11 is 0. The van der Waals surface area contributed by atoms with E-state index in [9.17, 15) is 30.0 Å². The van der Waals surface area contributed by atoms with E-state index in [1.807, 2.05) is 0 Å². The number of hydrogen-bond donors (Lipinski definition) is 4. The fourth-order valence-corrected chi connectivity index (χ4v) is 11.1. The summed E-state index contributed by atoms with van der Waals surface area (Å²) in [6.07, 6.45) is 39.5. The Balaban J connectivity index is 1.81. The summed E-state index contributed by atoms with van der Waals surface area (Å²) in [5.41, 5.74) is 0. The predicted octanol–water partition coefficient (Wildman–Crippen LogP) is 13.3. The maximum Gasteiger partial charge on any atom is 0.306 e. The van der Waals surface area contributed by atoms with Gasteiger partial charge >= 0.3 is 11.9 Å². The lowest BCUT2D eigenvalue weighted by molar-refractivity contribution is -0.155. The van der Waals surface area contributed by atoms with Gasteiger partial charge in [-0.1, -0.05) is 233 Å². The van der Waals surface area contributed by atoms with Crippen molar-refractivity contribution in [2.24, 2.45) is 0 Å². The lowest BCUT2D eigenvalue weighted by atomic mass is 10.0. The number of rotatable bonds is 54. The van der Waals surface area contributed by atoms with Crippen molar-refractivity contribution in [3.05, 3.63) is 0 Å². The standard InChI is InChI=1S/C62H120N2O10/c1-5-9-13-17-21-25-29-33-39-53(65)47-63(48-54(66)40-34-30-26-22-18-14-10-6-2)45-37-43-59(69)73-57-51-71-62-58(52-72-61(57)62)74-60(70)44-38-46-64(49-55(67)41-35-31-27-23-19-15-11-7-3)50-56(68)42-36-32-28-24-20-16-12-8-4/h53-58,61-62,65-68H,5-52H2,1-4H3. The molecule has 0 aromatic carbocycles. The monoisotopic (exact) mass is 1050 g/mol. The van der Waals surface area contributed by atoms with Crippen molar-refractivity contribution in [1.82, 2.24) is 9.80 Å². The Morgan fingerprint density at radius 3 is 0.851 bits per heavy atom. The van der Waals surface area contributed by atoms with E-state index in [4.69, 9.17) is 18.9 Å². The zero-order chi connectivity index (χ0) is 53.7. The molecule has 8 unspecified atom stereocenters. The second-order valence-corrected chi connectivity index (χ2v) is 23.0. The molecular weight excluding hydrogens is 933 g/mol. The number of unbranched alkanes of at least 4 members (excludes halogenated alkanes) is 28. The van der Waals surface area contributed by atoms with Crippen LogP contribution in [0.3, 0.4) is 0 Å². The Bertz CT molecular complexity index is 1130. The number of carbonyl (C=O) groups excluding carboxylic acids is 2. The summed E-state index contributed by atoms with van der Waals surface area (Å²) in [4.78, 5) is 30.7. The molecular formula is C62H120N2O10. The van der Waals surface area contributed by atoms with E-state index in [2.05, 4.69) is 37.5 Å². The van der Waals surface area contributed by atoms with Crippen LogP contribution in [0.25, 0.3) is 0 Å². The van der Waals surface area contributed by atoms with Crippen LogP contribution in [0, 0.1) is 0 Å². The quantitative estimate of drug-likeness (QED) is 0.0338. The fourth-order valence-electron chi connectivity index (χ4n) is 11.1.